The van der Waals surface area contributed by atoms with E-state index in [4.69, 9.17) is 5.11 Å². The van der Waals surface area contributed by atoms with Crippen LogP contribution in [0.25, 0.3) is 0 Å². The number of aliphatic carboxylic acids is 1. The van der Waals surface area contributed by atoms with Gasteiger partial charge in [-0.15, -0.1) is 0 Å². The molecule has 0 bridgehead atoms. The lowest BCUT2D eigenvalue weighted by Gasteiger charge is -2.08. The molecule has 86 valence electrons. The molecule has 0 aliphatic rings. The lowest BCUT2D eigenvalue weighted by molar-refractivity contribution is -0.137. The second kappa shape index (κ2) is 5.25. The summed E-state index contributed by atoms with van der Waals surface area (Å²) in [5.74, 6) is -1.56. The highest BCUT2D eigenvalue weighted by atomic mass is 79.9. The van der Waals surface area contributed by atoms with Crippen LogP contribution in [-0.4, -0.2) is 16.9 Å². The summed E-state index contributed by atoms with van der Waals surface area (Å²) in [4.78, 5) is 22.4. The van der Waals surface area contributed by atoms with E-state index in [0.29, 0.717) is 5.56 Å². The monoisotopic (exact) mass is 284 g/mol. The summed E-state index contributed by atoms with van der Waals surface area (Å²) in [7, 11) is 0. The van der Waals surface area contributed by atoms with Crippen molar-refractivity contribution in [1.82, 2.24) is 0 Å². The van der Waals surface area contributed by atoms with Crippen molar-refractivity contribution in [2.24, 2.45) is 5.92 Å². The highest BCUT2D eigenvalue weighted by Gasteiger charge is 2.18. The Kier molecular flexibility index (Phi) is 4.24. The number of hydrogen-bond donors (Lipinski definition) is 1. The summed E-state index contributed by atoms with van der Waals surface area (Å²) in [6, 6.07) is 5.28. The van der Waals surface area contributed by atoms with E-state index in [1.54, 1.807) is 25.1 Å². The van der Waals surface area contributed by atoms with Crippen LogP contribution in [0.5, 0.6) is 0 Å². The van der Waals surface area contributed by atoms with E-state index in [-0.39, 0.29) is 12.2 Å². The molecule has 0 aliphatic carbocycles. The molecular formula is C12H13BrO3. The Bertz CT molecular complexity index is 426. The first-order valence-corrected chi connectivity index (χ1v) is 5.73. The van der Waals surface area contributed by atoms with Crippen molar-refractivity contribution in [3.63, 3.8) is 0 Å². The Hall–Kier alpha value is -1.16. The highest BCUT2D eigenvalue weighted by Crippen LogP contribution is 2.20. The van der Waals surface area contributed by atoms with Gasteiger partial charge in [0.2, 0.25) is 0 Å². The molecule has 1 aromatic carbocycles. The van der Waals surface area contributed by atoms with Gasteiger partial charge in [0, 0.05) is 16.0 Å². The highest BCUT2D eigenvalue weighted by molar-refractivity contribution is 9.10. The zero-order valence-corrected chi connectivity index (χ0v) is 10.7. The zero-order valence-electron chi connectivity index (χ0n) is 9.16. The molecule has 1 N–H and O–H groups in total. The van der Waals surface area contributed by atoms with E-state index < -0.39 is 11.9 Å². The van der Waals surface area contributed by atoms with Crippen LogP contribution in [-0.2, 0) is 4.79 Å². The van der Waals surface area contributed by atoms with Gasteiger partial charge < -0.3 is 5.11 Å². The lowest BCUT2D eigenvalue weighted by atomic mass is 9.95. The Labute approximate surface area is 103 Å². The average Bonchev–Trinajstić information content (AvgIpc) is 2.20. The molecule has 1 atom stereocenters. The third kappa shape index (κ3) is 3.17. The van der Waals surface area contributed by atoms with Crippen molar-refractivity contribution in [3.05, 3.63) is 33.8 Å². The summed E-state index contributed by atoms with van der Waals surface area (Å²) < 4.78 is 0.940. The number of hydrogen-bond acceptors (Lipinski definition) is 2. The van der Waals surface area contributed by atoms with Gasteiger partial charge in [0.25, 0.3) is 0 Å². The van der Waals surface area contributed by atoms with Gasteiger partial charge in [-0.25, -0.2) is 0 Å². The topological polar surface area (TPSA) is 54.4 Å². The maximum absolute atomic E-state index is 11.9. The summed E-state index contributed by atoms with van der Waals surface area (Å²) in [6.45, 7) is 3.52. The summed E-state index contributed by atoms with van der Waals surface area (Å²) in [5, 5.41) is 8.62. The number of Topliss-reactive ketones (excluding diaryl/α,β-unsaturated/α-hetero) is 1. The van der Waals surface area contributed by atoms with Crippen molar-refractivity contribution in [3.8, 4) is 0 Å². The molecule has 3 nitrogen and oxygen atoms in total. The van der Waals surface area contributed by atoms with Gasteiger partial charge in [0.05, 0.1) is 6.42 Å². The third-order valence-corrected chi connectivity index (χ3v) is 3.26. The quantitative estimate of drug-likeness (QED) is 0.865. The molecule has 0 amide bonds. The fraction of sp³-hybridized carbons (Fsp3) is 0.333. The lowest BCUT2D eigenvalue weighted by Crippen LogP contribution is -2.15. The number of carbonyl (C=O) groups excluding carboxylic acids is 1. The molecule has 4 heteroatoms. The summed E-state index contributed by atoms with van der Waals surface area (Å²) in [5.41, 5.74) is 1.53. The first-order valence-electron chi connectivity index (χ1n) is 4.94. The van der Waals surface area contributed by atoms with E-state index in [1.165, 1.54) is 0 Å². The fourth-order valence-electron chi connectivity index (χ4n) is 1.44. The fourth-order valence-corrected chi connectivity index (χ4v) is 1.68. The van der Waals surface area contributed by atoms with E-state index in [2.05, 4.69) is 15.9 Å². The normalized spacial score (nSPS) is 12.2. The van der Waals surface area contributed by atoms with Crippen molar-refractivity contribution in [2.75, 3.05) is 0 Å². The number of aryl methyl sites for hydroxylation is 1. The SMILES string of the molecule is Cc1cc(C(=O)C(C)CC(=O)O)ccc1Br. The van der Waals surface area contributed by atoms with E-state index in [9.17, 15) is 9.59 Å². The minimum Gasteiger partial charge on any atom is -0.481 e. The van der Waals surface area contributed by atoms with E-state index in [0.717, 1.165) is 10.0 Å². The number of halogens is 1. The number of ketones is 1. The molecule has 0 aromatic heterocycles. The van der Waals surface area contributed by atoms with Crippen molar-refractivity contribution < 1.29 is 14.7 Å². The largest absolute Gasteiger partial charge is 0.481 e. The minimum atomic E-state index is -0.949. The van der Waals surface area contributed by atoms with Gasteiger partial charge in [0.1, 0.15) is 0 Å². The second-order valence-corrected chi connectivity index (χ2v) is 4.68. The van der Waals surface area contributed by atoms with Gasteiger partial charge in [-0.05, 0) is 24.6 Å². The van der Waals surface area contributed by atoms with Crippen molar-refractivity contribution in [2.45, 2.75) is 20.3 Å². The minimum absolute atomic E-state index is 0.127. The van der Waals surface area contributed by atoms with Gasteiger partial charge in [-0.3, -0.25) is 9.59 Å². The smallest absolute Gasteiger partial charge is 0.304 e. The zero-order chi connectivity index (χ0) is 12.3. The molecule has 1 aromatic rings. The van der Waals surface area contributed by atoms with Crippen molar-refractivity contribution in [1.29, 1.82) is 0 Å². The molecular weight excluding hydrogens is 272 g/mol. The van der Waals surface area contributed by atoms with Crippen LogP contribution in [0.2, 0.25) is 0 Å². The number of carbonyl (C=O) groups is 2. The third-order valence-electron chi connectivity index (χ3n) is 2.37. The first kappa shape index (κ1) is 12.9. The van der Waals surface area contributed by atoms with Crippen LogP contribution in [0.15, 0.2) is 22.7 Å². The van der Waals surface area contributed by atoms with Gasteiger partial charge in [0.15, 0.2) is 5.78 Å². The Morgan fingerprint density at radius 2 is 2.06 bits per heavy atom. The summed E-state index contributed by atoms with van der Waals surface area (Å²) >= 11 is 3.35. The number of carboxylic acid groups (broad SMARTS) is 1. The van der Waals surface area contributed by atoms with E-state index >= 15 is 0 Å². The molecule has 0 heterocycles. The van der Waals surface area contributed by atoms with Crippen LogP contribution in [0.3, 0.4) is 0 Å². The molecule has 0 spiro atoms. The molecule has 1 rings (SSSR count). The van der Waals surface area contributed by atoms with Crippen LogP contribution < -0.4 is 0 Å². The molecule has 0 saturated heterocycles. The Balaban J connectivity index is 2.88. The molecule has 0 radical (unpaired) electrons. The Morgan fingerprint density at radius 1 is 1.44 bits per heavy atom. The maximum atomic E-state index is 11.9. The number of benzene rings is 1. The number of carboxylic acids is 1. The molecule has 16 heavy (non-hydrogen) atoms. The predicted molar refractivity (Wildman–Crippen MR) is 64.6 cm³/mol. The van der Waals surface area contributed by atoms with Crippen LogP contribution in [0.1, 0.15) is 29.3 Å². The molecule has 1 unspecified atom stereocenters. The standard InChI is InChI=1S/C12H13BrO3/c1-7-5-9(3-4-10(7)13)12(16)8(2)6-11(14)15/h3-5,8H,6H2,1-2H3,(H,14,15). The van der Waals surface area contributed by atoms with Crippen molar-refractivity contribution >= 4 is 27.7 Å². The second-order valence-electron chi connectivity index (χ2n) is 3.83. The maximum Gasteiger partial charge on any atom is 0.304 e. The Morgan fingerprint density at radius 3 is 2.56 bits per heavy atom. The first-order chi connectivity index (χ1) is 7.41. The molecule has 0 saturated carbocycles. The van der Waals surface area contributed by atoms with Crippen LogP contribution in [0.4, 0.5) is 0 Å². The van der Waals surface area contributed by atoms with Gasteiger partial charge in [-0.2, -0.15) is 0 Å². The van der Waals surface area contributed by atoms with Crippen LogP contribution >= 0.6 is 15.9 Å². The van der Waals surface area contributed by atoms with Gasteiger partial charge >= 0.3 is 5.97 Å². The van der Waals surface area contributed by atoms with Gasteiger partial charge in [-0.1, -0.05) is 28.9 Å². The number of rotatable bonds is 4. The average molecular weight is 285 g/mol. The molecule has 0 aliphatic heterocycles. The molecule has 0 fully saturated rings. The van der Waals surface area contributed by atoms with Crippen LogP contribution in [0, 0.1) is 12.8 Å². The predicted octanol–water partition coefficient (Wildman–Crippen LogP) is 3.05. The summed E-state index contributed by atoms with van der Waals surface area (Å²) in [6.07, 6.45) is -0.131. The van der Waals surface area contributed by atoms with E-state index in [1.807, 2.05) is 6.92 Å².